The Bertz CT molecular complexity index is 379. The molecular formula is C10H8NNa. The molecule has 0 fully saturated rings. The van der Waals surface area contributed by atoms with Crippen LogP contribution in [0.2, 0.25) is 0 Å². The van der Waals surface area contributed by atoms with Gasteiger partial charge in [-0.1, -0.05) is 18.2 Å². The molecule has 0 saturated carbocycles. The second-order valence-electron chi connectivity index (χ2n) is 2.48. The normalized spacial score (nSPS) is 9.33. The number of benzene rings is 2. The van der Waals surface area contributed by atoms with Gasteiger partial charge < -0.3 is 5.73 Å². The molecule has 12 heavy (non-hydrogen) atoms. The maximum atomic E-state index is 5.72. The molecule has 0 aliphatic heterocycles. The average Bonchev–Trinajstić information content (AvgIpc) is 2.06. The van der Waals surface area contributed by atoms with E-state index in [1.165, 1.54) is 0 Å². The fourth-order valence-corrected chi connectivity index (χ4v) is 1.18. The van der Waals surface area contributed by atoms with Gasteiger partial charge >= 0.3 is 29.6 Å². The molecule has 0 aromatic heterocycles. The van der Waals surface area contributed by atoms with Crippen molar-refractivity contribution in [3.8, 4) is 0 Å². The summed E-state index contributed by atoms with van der Waals surface area (Å²) in [6.45, 7) is 0. The van der Waals surface area contributed by atoms with Crippen LogP contribution < -0.4 is 35.3 Å². The molecule has 0 atom stereocenters. The van der Waals surface area contributed by atoms with Crippen molar-refractivity contribution in [3.63, 3.8) is 0 Å². The van der Waals surface area contributed by atoms with Crippen molar-refractivity contribution in [1.82, 2.24) is 0 Å². The predicted octanol–water partition coefficient (Wildman–Crippen LogP) is -0.774. The number of anilines is 1. The van der Waals surface area contributed by atoms with E-state index in [1.807, 2.05) is 36.4 Å². The van der Waals surface area contributed by atoms with Crippen molar-refractivity contribution >= 4 is 16.5 Å². The molecule has 0 aliphatic rings. The number of nitrogens with two attached hydrogens (primary N) is 1. The van der Waals surface area contributed by atoms with Crippen molar-refractivity contribution in [2.24, 2.45) is 0 Å². The van der Waals surface area contributed by atoms with Crippen LogP contribution >= 0.6 is 0 Å². The summed E-state index contributed by atoms with van der Waals surface area (Å²) in [5.41, 5.74) is 6.52. The minimum atomic E-state index is 0. The summed E-state index contributed by atoms with van der Waals surface area (Å²) < 4.78 is 0. The Morgan fingerprint density at radius 2 is 1.83 bits per heavy atom. The summed E-state index contributed by atoms with van der Waals surface area (Å²) in [6, 6.07) is 14.8. The van der Waals surface area contributed by atoms with Gasteiger partial charge in [-0.3, -0.25) is 0 Å². The van der Waals surface area contributed by atoms with Crippen LogP contribution in [0.25, 0.3) is 10.8 Å². The molecule has 2 aromatic carbocycles. The molecule has 0 saturated heterocycles. The standard InChI is InChI=1S/C10H8N.Na/c11-10-7-3-5-8-4-1-2-6-9(8)10;/h1-5,7H,11H2;/q-1;+1. The molecule has 0 unspecified atom stereocenters. The SMILES string of the molecule is Nc1cccc2ccc[c-]c12.[Na+]. The molecule has 0 heterocycles. The molecule has 1 nitrogen and oxygen atoms in total. The summed E-state index contributed by atoms with van der Waals surface area (Å²) in [5, 5.41) is 2.16. The zero-order valence-corrected chi connectivity index (χ0v) is 9.04. The van der Waals surface area contributed by atoms with E-state index in [4.69, 9.17) is 5.73 Å². The third-order valence-electron chi connectivity index (χ3n) is 1.73. The largest absolute Gasteiger partial charge is 1.00 e. The van der Waals surface area contributed by atoms with Crippen molar-refractivity contribution in [1.29, 1.82) is 0 Å². The Hall–Kier alpha value is -0.500. The Morgan fingerprint density at radius 1 is 1.08 bits per heavy atom. The number of nitrogen functional groups attached to an aromatic ring is 1. The van der Waals surface area contributed by atoms with Gasteiger partial charge in [0.15, 0.2) is 0 Å². The topological polar surface area (TPSA) is 26.0 Å². The molecule has 2 aromatic rings. The second-order valence-corrected chi connectivity index (χ2v) is 2.48. The molecule has 0 radical (unpaired) electrons. The zero-order valence-electron chi connectivity index (χ0n) is 7.04. The number of hydrogen-bond donors (Lipinski definition) is 1. The third kappa shape index (κ3) is 1.63. The summed E-state index contributed by atoms with van der Waals surface area (Å²) in [4.78, 5) is 0. The van der Waals surface area contributed by atoms with E-state index in [9.17, 15) is 0 Å². The first-order chi connectivity index (χ1) is 5.38. The second kappa shape index (κ2) is 3.94. The molecular weight excluding hydrogens is 157 g/mol. The van der Waals surface area contributed by atoms with Crippen LogP contribution in [-0.2, 0) is 0 Å². The average molecular weight is 165 g/mol. The van der Waals surface area contributed by atoms with E-state index in [-0.39, 0.29) is 29.6 Å². The van der Waals surface area contributed by atoms with Gasteiger partial charge in [0, 0.05) is 0 Å². The number of fused-ring (bicyclic) bond motifs is 1. The molecule has 2 rings (SSSR count). The molecule has 0 bridgehead atoms. The first kappa shape index (κ1) is 9.59. The predicted molar refractivity (Wildman–Crippen MR) is 47.2 cm³/mol. The number of hydrogen-bond acceptors (Lipinski definition) is 1. The van der Waals surface area contributed by atoms with Gasteiger partial charge in [0.1, 0.15) is 0 Å². The van der Waals surface area contributed by atoms with E-state index in [2.05, 4.69) is 6.07 Å². The van der Waals surface area contributed by atoms with Crippen molar-refractivity contribution in [3.05, 3.63) is 42.5 Å². The Kier molecular flexibility index (Phi) is 3.15. The fourth-order valence-electron chi connectivity index (χ4n) is 1.18. The quantitative estimate of drug-likeness (QED) is 0.309. The summed E-state index contributed by atoms with van der Waals surface area (Å²) in [5.74, 6) is 0. The third-order valence-corrected chi connectivity index (χ3v) is 1.73. The minimum absolute atomic E-state index is 0. The van der Waals surface area contributed by atoms with Gasteiger partial charge in [0.2, 0.25) is 0 Å². The molecule has 0 spiro atoms. The van der Waals surface area contributed by atoms with Crippen LogP contribution in [-0.4, -0.2) is 0 Å². The molecule has 0 aliphatic carbocycles. The van der Waals surface area contributed by atoms with Gasteiger partial charge in [-0.2, -0.15) is 0 Å². The van der Waals surface area contributed by atoms with Crippen molar-refractivity contribution in [2.75, 3.05) is 5.73 Å². The Labute approximate surface area is 93.9 Å². The Morgan fingerprint density at radius 3 is 2.58 bits per heavy atom. The van der Waals surface area contributed by atoms with Gasteiger partial charge in [-0.15, -0.1) is 35.0 Å². The zero-order chi connectivity index (χ0) is 7.68. The molecule has 0 amide bonds. The van der Waals surface area contributed by atoms with Crippen LogP contribution in [0, 0.1) is 6.07 Å². The Balaban J connectivity index is 0.000000720. The van der Waals surface area contributed by atoms with E-state index >= 15 is 0 Å². The van der Waals surface area contributed by atoms with Gasteiger partial charge in [-0.05, 0) is 5.69 Å². The molecule has 54 valence electrons. The van der Waals surface area contributed by atoms with Gasteiger partial charge in [0.25, 0.3) is 0 Å². The monoisotopic (exact) mass is 165 g/mol. The van der Waals surface area contributed by atoms with Crippen molar-refractivity contribution in [2.45, 2.75) is 0 Å². The van der Waals surface area contributed by atoms with E-state index < -0.39 is 0 Å². The maximum absolute atomic E-state index is 5.72. The smallest absolute Gasteiger partial charge is 0.436 e. The molecule has 2 N–H and O–H groups in total. The van der Waals surface area contributed by atoms with Crippen LogP contribution in [0.4, 0.5) is 5.69 Å². The van der Waals surface area contributed by atoms with E-state index in [0.29, 0.717) is 0 Å². The van der Waals surface area contributed by atoms with Crippen LogP contribution in [0.5, 0.6) is 0 Å². The maximum Gasteiger partial charge on any atom is 1.00 e. The van der Waals surface area contributed by atoms with Gasteiger partial charge in [0.05, 0.1) is 0 Å². The van der Waals surface area contributed by atoms with Crippen LogP contribution in [0.15, 0.2) is 36.4 Å². The first-order valence-electron chi connectivity index (χ1n) is 3.53. The van der Waals surface area contributed by atoms with Crippen LogP contribution in [0.1, 0.15) is 0 Å². The summed E-state index contributed by atoms with van der Waals surface area (Å²) in [7, 11) is 0. The summed E-state index contributed by atoms with van der Waals surface area (Å²) >= 11 is 0. The van der Waals surface area contributed by atoms with E-state index in [0.717, 1.165) is 16.5 Å². The fraction of sp³-hybridized carbons (Fsp3) is 0. The van der Waals surface area contributed by atoms with E-state index in [1.54, 1.807) is 0 Å². The first-order valence-corrected chi connectivity index (χ1v) is 3.53. The summed E-state index contributed by atoms with van der Waals surface area (Å²) in [6.07, 6.45) is 0. The molecule has 2 heteroatoms. The minimum Gasteiger partial charge on any atom is -0.436 e. The van der Waals surface area contributed by atoms with Crippen molar-refractivity contribution < 1.29 is 29.6 Å². The van der Waals surface area contributed by atoms with Crippen LogP contribution in [0.3, 0.4) is 0 Å². The number of rotatable bonds is 0. The van der Waals surface area contributed by atoms with Gasteiger partial charge in [-0.25, -0.2) is 0 Å².